The molecule has 1 aliphatic heterocycles. The van der Waals surface area contributed by atoms with Crippen LogP contribution in [0.5, 0.6) is 11.5 Å². The predicted octanol–water partition coefficient (Wildman–Crippen LogP) is 3.34. The Morgan fingerprint density at radius 3 is 2.54 bits per heavy atom. The lowest BCUT2D eigenvalue weighted by Crippen LogP contribution is -2.38. The molecule has 10 heteroatoms. The number of amides is 1. The molecule has 1 aliphatic rings. The fourth-order valence-electron chi connectivity index (χ4n) is 3.79. The SMILES string of the molecule is COc1ccc(NS(=O)(=O)c2ccc(O)c(C(=O)OCC(=O)N3CCCc4ccccc43)c2)cc1. The van der Waals surface area contributed by atoms with Gasteiger partial charge in [-0.25, -0.2) is 13.2 Å². The number of carbonyl (C=O) groups is 2. The second-order valence-electron chi connectivity index (χ2n) is 7.87. The first-order chi connectivity index (χ1) is 16.8. The Morgan fingerprint density at radius 2 is 1.80 bits per heavy atom. The molecule has 9 nitrogen and oxygen atoms in total. The Morgan fingerprint density at radius 1 is 1.06 bits per heavy atom. The fourth-order valence-corrected chi connectivity index (χ4v) is 4.88. The summed E-state index contributed by atoms with van der Waals surface area (Å²) in [4.78, 5) is 26.7. The minimum atomic E-state index is -4.07. The Balaban J connectivity index is 1.46. The minimum Gasteiger partial charge on any atom is -0.507 e. The van der Waals surface area contributed by atoms with Crippen LogP contribution < -0.4 is 14.4 Å². The molecule has 0 unspecified atom stereocenters. The van der Waals surface area contributed by atoms with E-state index in [-0.39, 0.29) is 16.1 Å². The van der Waals surface area contributed by atoms with Crippen molar-refractivity contribution in [2.45, 2.75) is 17.7 Å². The average molecular weight is 497 g/mol. The molecule has 1 heterocycles. The highest BCUT2D eigenvalue weighted by molar-refractivity contribution is 7.92. The summed E-state index contributed by atoms with van der Waals surface area (Å²) in [6.07, 6.45) is 1.65. The summed E-state index contributed by atoms with van der Waals surface area (Å²) in [5, 5.41) is 10.1. The zero-order chi connectivity index (χ0) is 25.0. The number of hydrogen-bond donors (Lipinski definition) is 2. The Labute approximate surface area is 203 Å². The highest BCUT2D eigenvalue weighted by Crippen LogP contribution is 2.28. The lowest BCUT2D eigenvalue weighted by molar-refractivity contribution is -0.121. The Kier molecular flexibility index (Phi) is 6.92. The van der Waals surface area contributed by atoms with Crippen molar-refractivity contribution in [3.05, 3.63) is 77.9 Å². The van der Waals surface area contributed by atoms with Crippen LogP contribution in [0.25, 0.3) is 0 Å². The molecule has 3 aromatic carbocycles. The van der Waals surface area contributed by atoms with Crippen LogP contribution in [0.1, 0.15) is 22.3 Å². The molecule has 0 saturated heterocycles. The highest BCUT2D eigenvalue weighted by atomic mass is 32.2. The number of esters is 1. The van der Waals surface area contributed by atoms with Crippen molar-refractivity contribution in [3.63, 3.8) is 0 Å². The topological polar surface area (TPSA) is 122 Å². The first-order valence-corrected chi connectivity index (χ1v) is 12.3. The number of nitrogens with one attached hydrogen (secondary N) is 1. The molecule has 1 amide bonds. The summed E-state index contributed by atoms with van der Waals surface area (Å²) in [5.74, 6) is -1.32. The van der Waals surface area contributed by atoms with Crippen LogP contribution in [-0.2, 0) is 26.0 Å². The largest absolute Gasteiger partial charge is 0.507 e. The highest BCUT2D eigenvalue weighted by Gasteiger charge is 2.25. The van der Waals surface area contributed by atoms with E-state index in [0.717, 1.165) is 42.3 Å². The number of anilines is 2. The molecule has 4 rings (SSSR count). The lowest BCUT2D eigenvalue weighted by atomic mass is 10.0. The monoisotopic (exact) mass is 496 g/mol. The van der Waals surface area contributed by atoms with Crippen molar-refractivity contribution in [2.75, 3.05) is 29.9 Å². The van der Waals surface area contributed by atoms with Crippen LogP contribution in [0.15, 0.2) is 71.6 Å². The maximum absolute atomic E-state index is 12.8. The van der Waals surface area contributed by atoms with Crippen molar-refractivity contribution in [3.8, 4) is 11.5 Å². The number of aryl methyl sites for hydroxylation is 1. The maximum Gasteiger partial charge on any atom is 0.342 e. The number of sulfonamides is 1. The van der Waals surface area contributed by atoms with Crippen LogP contribution in [0, 0.1) is 0 Å². The van der Waals surface area contributed by atoms with E-state index in [9.17, 15) is 23.1 Å². The van der Waals surface area contributed by atoms with Gasteiger partial charge in [-0.1, -0.05) is 18.2 Å². The normalized spacial score (nSPS) is 13.0. The first kappa shape index (κ1) is 24.1. The molecular formula is C25H24N2O7S. The number of hydrogen-bond acceptors (Lipinski definition) is 7. The third kappa shape index (κ3) is 5.38. The average Bonchev–Trinajstić information content (AvgIpc) is 2.87. The van der Waals surface area contributed by atoms with E-state index in [4.69, 9.17) is 9.47 Å². The molecule has 182 valence electrons. The number of ether oxygens (including phenoxy) is 2. The number of fused-ring (bicyclic) bond motifs is 1. The second-order valence-corrected chi connectivity index (χ2v) is 9.55. The lowest BCUT2D eigenvalue weighted by Gasteiger charge is -2.29. The number of aromatic hydroxyl groups is 1. The van der Waals surface area contributed by atoms with Crippen molar-refractivity contribution >= 4 is 33.3 Å². The van der Waals surface area contributed by atoms with Crippen molar-refractivity contribution < 1.29 is 32.6 Å². The smallest absolute Gasteiger partial charge is 0.342 e. The standard InChI is InChI=1S/C25H24N2O7S/c1-33-19-10-8-18(9-11-19)26-35(31,32)20-12-13-23(28)21(15-20)25(30)34-16-24(29)27-14-4-6-17-5-2-3-7-22(17)27/h2-3,5,7-13,15,26,28H,4,6,14,16H2,1H3. The Bertz CT molecular complexity index is 1350. The summed E-state index contributed by atoms with van der Waals surface area (Å²) in [6.45, 7) is -0.0446. The number of phenols is 1. The van der Waals surface area contributed by atoms with Crippen molar-refractivity contribution in [1.29, 1.82) is 0 Å². The van der Waals surface area contributed by atoms with Gasteiger partial charge < -0.3 is 19.5 Å². The summed E-state index contributed by atoms with van der Waals surface area (Å²) in [7, 11) is -2.58. The van der Waals surface area contributed by atoms with E-state index in [1.165, 1.54) is 19.2 Å². The quantitative estimate of drug-likeness (QED) is 0.481. The van der Waals surface area contributed by atoms with Gasteiger partial charge in [-0.05, 0) is 66.9 Å². The molecule has 3 aromatic rings. The van der Waals surface area contributed by atoms with Gasteiger partial charge in [-0.2, -0.15) is 0 Å². The van der Waals surface area contributed by atoms with Gasteiger partial charge in [-0.15, -0.1) is 0 Å². The zero-order valence-corrected chi connectivity index (χ0v) is 19.7. The first-order valence-electron chi connectivity index (χ1n) is 10.8. The maximum atomic E-state index is 12.8. The molecule has 0 atom stereocenters. The minimum absolute atomic E-state index is 0.255. The van der Waals surface area contributed by atoms with Crippen LogP contribution >= 0.6 is 0 Å². The number of para-hydroxylation sites is 1. The van der Waals surface area contributed by atoms with E-state index in [0.29, 0.717) is 12.3 Å². The van der Waals surface area contributed by atoms with Gasteiger partial charge in [0.25, 0.3) is 15.9 Å². The van der Waals surface area contributed by atoms with Crippen LogP contribution in [-0.4, -0.2) is 45.7 Å². The molecule has 0 radical (unpaired) electrons. The fraction of sp³-hybridized carbons (Fsp3) is 0.200. The van der Waals surface area contributed by atoms with E-state index in [1.54, 1.807) is 17.0 Å². The molecule has 0 bridgehead atoms. The van der Waals surface area contributed by atoms with Gasteiger partial charge in [0.05, 0.1) is 12.0 Å². The van der Waals surface area contributed by atoms with Crippen LogP contribution in [0.3, 0.4) is 0 Å². The van der Waals surface area contributed by atoms with E-state index in [2.05, 4.69) is 4.72 Å². The summed E-state index contributed by atoms with van der Waals surface area (Å²) in [5.41, 5.74) is 1.74. The van der Waals surface area contributed by atoms with Gasteiger partial charge >= 0.3 is 5.97 Å². The molecule has 0 saturated carbocycles. The number of methoxy groups -OCH3 is 1. The van der Waals surface area contributed by atoms with Gasteiger partial charge in [-0.3, -0.25) is 9.52 Å². The zero-order valence-electron chi connectivity index (χ0n) is 18.9. The van der Waals surface area contributed by atoms with Crippen molar-refractivity contribution in [2.24, 2.45) is 0 Å². The van der Waals surface area contributed by atoms with Gasteiger partial charge in [0.1, 0.15) is 17.1 Å². The van der Waals surface area contributed by atoms with E-state index in [1.807, 2.05) is 24.3 Å². The summed E-state index contributed by atoms with van der Waals surface area (Å²) < 4.78 is 38.2. The van der Waals surface area contributed by atoms with E-state index >= 15 is 0 Å². The molecule has 0 aliphatic carbocycles. The van der Waals surface area contributed by atoms with Gasteiger partial charge in [0.2, 0.25) is 0 Å². The van der Waals surface area contributed by atoms with E-state index < -0.39 is 34.3 Å². The molecule has 35 heavy (non-hydrogen) atoms. The molecule has 0 fully saturated rings. The van der Waals surface area contributed by atoms with Crippen molar-refractivity contribution in [1.82, 2.24) is 0 Å². The van der Waals surface area contributed by atoms with Crippen LogP contribution in [0.2, 0.25) is 0 Å². The number of carbonyl (C=O) groups excluding carboxylic acids is 2. The third-order valence-corrected chi connectivity index (χ3v) is 6.96. The Hall–Kier alpha value is -4.05. The van der Waals surface area contributed by atoms with Gasteiger partial charge in [0.15, 0.2) is 6.61 Å². The molecule has 0 spiro atoms. The second kappa shape index (κ2) is 10.1. The predicted molar refractivity (Wildman–Crippen MR) is 129 cm³/mol. The van der Waals surface area contributed by atoms with Gasteiger partial charge in [0, 0.05) is 17.9 Å². The summed E-state index contributed by atoms with van der Waals surface area (Å²) in [6, 6.07) is 17.0. The van der Waals surface area contributed by atoms with Crippen LogP contribution in [0.4, 0.5) is 11.4 Å². The number of rotatable bonds is 7. The number of benzene rings is 3. The molecule has 0 aromatic heterocycles. The number of phenolic OH excluding ortho intramolecular Hbond substituents is 1. The third-order valence-electron chi connectivity index (χ3n) is 5.58. The number of nitrogens with zero attached hydrogens (tertiary/aromatic N) is 1. The molecule has 2 N–H and O–H groups in total. The summed E-state index contributed by atoms with van der Waals surface area (Å²) >= 11 is 0. The molecular weight excluding hydrogens is 472 g/mol.